The fourth-order valence-electron chi connectivity index (χ4n) is 4.56. The number of rotatable bonds is 4. The molecular weight excluding hydrogens is 437 g/mol. The van der Waals surface area contributed by atoms with Gasteiger partial charge in [0.25, 0.3) is 17.4 Å². The molecule has 0 spiro atoms. The van der Waals surface area contributed by atoms with Crippen LogP contribution in [-0.2, 0) is 4.79 Å². The molecule has 1 aliphatic heterocycles. The summed E-state index contributed by atoms with van der Waals surface area (Å²) in [7, 11) is 0. The molecule has 1 aromatic carbocycles. The fraction of sp³-hybridized carbons (Fsp3) is 0.478. The van der Waals surface area contributed by atoms with Crippen molar-refractivity contribution in [2.75, 3.05) is 13.1 Å². The predicted molar refractivity (Wildman–Crippen MR) is 114 cm³/mol. The zero-order valence-electron chi connectivity index (χ0n) is 18.6. The monoisotopic (exact) mass is 462 g/mol. The molecule has 7 nitrogen and oxygen atoms in total. The molecule has 1 aliphatic carbocycles. The van der Waals surface area contributed by atoms with Crippen molar-refractivity contribution in [1.82, 2.24) is 20.0 Å². The summed E-state index contributed by atoms with van der Waals surface area (Å²) in [5.74, 6) is -3.55. The van der Waals surface area contributed by atoms with Gasteiger partial charge in [-0.25, -0.2) is 18.3 Å². The third-order valence-electron chi connectivity index (χ3n) is 6.55. The van der Waals surface area contributed by atoms with Crippen LogP contribution in [0.2, 0.25) is 0 Å². The smallest absolute Gasteiger partial charge is 0.267 e. The van der Waals surface area contributed by atoms with Gasteiger partial charge in [-0.05, 0) is 44.0 Å². The number of benzene rings is 1. The minimum absolute atomic E-state index is 0.0615. The number of nitrogens with zero attached hydrogens (tertiary/aromatic N) is 3. The average molecular weight is 462 g/mol. The molecule has 0 radical (unpaired) electrons. The van der Waals surface area contributed by atoms with Crippen LogP contribution in [0.4, 0.5) is 13.2 Å². The van der Waals surface area contributed by atoms with Crippen LogP contribution < -0.4 is 5.56 Å². The van der Waals surface area contributed by atoms with Gasteiger partial charge in [0, 0.05) is 42.6 Å². The second kappa shape index (κ2) is 8.31. The first kappa shape index (κ1) is 23.0. The van der Waals surface area contributed by atoms with Crippen molar-refractivity contribution in [3.05, 3.63) is 62.6 Å². The summed E-state index contributed by atoms with van der Waals surface area (Å²) in [5, 5.41) is 6.11. The Balaban J connectivity index is 1.51. The molecule has 1 N–H and O–H groups in total. The van der Waals surface area contributed by atoms with Gasteiger partial charge in [-0.1, -0.05) is 12.1 Å². The first-order valence-corrected chi connectivity index (χ1v) is 10.8. The van der Waals surface area contributed by atoms with Crippen LogP contribution >= 0.6 is 0 Å². The minimum atomic E-state index is -2.74. The number of hydrogen-bond acceptors (Lipinski definition) is 4. The zero-order chi connectivity index (χ0) is 24.1. The van der Waals surface area contributed by atoms with Gasteiger partial charge >= 0.3 is 0 Å². The van der Waals surface area contributed by atoms with Gasteiger partial charge in [-0.2, -0.15) is 5.10 Å². The highest BCUT2D eigenvalue weighted by Crippen LogP contribution is 2.41. The van der Waals surface area contributed by atoms with Crippen LogP contribution in [0.5, 0.6) is 0 Å². The van der Waals surface area contributed by atoms with E-state index < -0.39 is 35.6 Å². The third kappa shape index (κ3) is 4.26. The highest BCUT2D eigenvalue weighted by Gasteiger charge is 2.51. The maximum absolute atomic E-state index is 15.3. The Morgan fingerprint density at radius 2 is 1.91 bits per heavy atom. The van der Waals surface area contributed by atoms with Crippen LogP contribution in [0.3, 0.4) is 0 Å². The molecule has 2 amide bonds. The number of halogens is 3. The molecule has 2 atom stereocenters. The zero-order valence-corrected chi connectivity index (χ0v) is 18.6. The largest absolute Gasteiger partial charge is 0.333 e. The maximum atomic E-state index is 15.3. The van der Waals surface area contributed by atoms with Gasteiger partial charge in [-0.3, -0.25) is 14.4 Å². The van der Waals surface area contributed by atoms with E-state index in [1.54, 1.807) is 26.8 Å². The summed E-state index contributed by atoms with van der Waals surface area (Å²) >= 11 is 0. The van der Waals surface area contributed by atoms with Crippen LogP contribution in [0.25, 0.3) is 0 Å². The molecule has 1 saturated carbocycles. The molecule has 1 unspecified atom stereocenters. The Bertz CT molecular complexity index is 1160. The van der Waals surface area contributed by atoms with Crippen molar-refractivity contribution >= 4 is 11.8 Å². The molecule has 2 aliphatic rings. The van der Waals surface area contributed by atoms with E-state index >= 15 is 4.39 Å². The number of nitrogens with one attached hydrogen (secondary N) is 1. The predicted octanol–water partition coefficient (Wildman–Crippen LogP) is 2.92. The minimum Gasteiger partial charge on any atom is -0.333 e. The Labute approximate surface area is 188 Å². The van der Waals surface area contributed by atoms with Crippen LogP contribution in [0.15, 0.2) is 29.1 Å². The molecule has 2 heterocycles. The van der Waals surface area contributed by atoms with E-state index in [1.807, 2.05) is 0 Å². The first-order chi connectivity index (χ1) is 15.5. The Morgan fingerprint density at radius 1 is 1.21 bits per heavy atom. The van der Waals surface area contributed by atoms with Crippen LogP contribution in [0, 0.1) is 13.8 Å². The number of amides is 2. The molecule has 10 heteroatoms. The lowest BCUT2D eigenvalue weighted by Gasteiger charge is -2.49. The number of hydrogen-bond donors (Lipinski definition) is 1. The number of aromatic nitrogens is 2. The highest BCUT2D eigenvalue weighted by atomic mass is 19.3. The molecule has 176 valence electrons. The van der Waals surface area contributed by atoms with E-state index in [-0.39, 0.29) is 48.7 Å². The number of carbonyl (C=O) groups is 2. The number of H-pyrrole nitrogens is 1. The van der Waals surface area contributed by atoms with Gasteiger partial charge in [0.05, 0.1) is 0 Å². The van der Waals surface area contributed by atoms with Crippen molar-refractivity contribution in [3.8, 4) is 0 Å². The van der Waals surface area contributed by atoms with Crippen molar-refractivity contribution in [2.24, 2.45) is 0 Å². The van der Waals surface area contributed by atoms with E-state index in [0.29, 0.717) is 11.1 Å². The van der Waals surface area contributed by atoms with Gasteiger partial charge in [0.15, 0.2) is 6.17 Å². The molecule has 2 fully saturated rings. The lowest BCUT2D eigenvalue weighted by Crippen LogP contribution is -2.63. The first-order valence-electron chi connectivity index (χ1n) is 10.8. The second-order valence-electron chi connectivity index (χ2n) is 8.93. The Morgan fingerprint density at radius 3 is 2.55 bits per heavy atom. The van der Waals surface area contributed by atoms with Crippen molar-refractivity contribution in [3.63, 3.8) is 0 Å². The Kier molecular flexibility index (Phi) is 5.79. The van der Waals surface area contributed by atoms with E-state index in [4.69, 9.17) is 0 Å². The lowest BCUT2D eigenvalue weighted by atomic mass is 9.85. The number of piperazine rings is 1. The molecule has 33 heavy (non-hydrogen) atoms. The molecule has 1 saturated heterocycles. The topological polar surface area (TPSA) is 86.4 Å². The second-order valence-corrected chi connectivity index (χ2v) is 8.93. The highest BCUT2D eigenvalue weighted by molar-refractivity contribution is 5.97. The van der Waals surface area contributed by atoms with Crippen molar-refractivity contribution in [2.45, 2.75) is 57.8 Å². The SMILES string of the molecule is Cc1c(C(F)c2cccc(C(=O)N3CC(=O)N(C4CC(F)(F)C4)[C@H](C)C3)c2)n[nH]c(=O)c1C. The van der Waals surface area contributed by atoms with E-state index in [1.165, 1.54) is 28.0 Å². The van der Waals surface area contributed by atoms with Crippen molar-refractivity contribution in [1.29, 1.82) is 0 Å². The van der Waals surface area contributed by atoms with Crippen LogP contribution in [-0.4, -0.2) is 62.9 Å². The van der Waals surface area contributed by atoms with E-state index in [0.717, 1.165) is 0 Å². The van der Waals surface area contributed by atoms with Gasteiger partial charge < -0.3 is 9.80 Å². The molecule has 2 aromatic rings. The number of alkyl halides is 3. The number of carbonyl (C=O) groups excluding carboxylic acids is 2. The van der Waals surface area contributed by atoms with E-state index in [9.17, 15) is 23.2 Å². The summed E-state index contributed by atoms with van der Waals surface area (Å²) in [6.45, 7) is 4.91. The molecule has 0 bridgehead atoms. The maximum Gasteiger partial charge on any atom is 0.267 e. The summed E-state index contributed by atoms with van der Waals surface area (Å²) < 4.78 is 41.8. The van der Waals surface area contributed by atoms with Gasteiger partial charge in [0.1, 0.15) is 12.2 Å². The van der Waals surface area contributed by atoms with Gasteiger partial charge in [0.2, 0.25) is 5.91 Å². The summed E-state index contributed by atoms with van der Waals surface area (Å²) in [6.07, 6.45) is -2.37. The number of aromatic amines is 1. The molecule has 4 rings (SSSR count). The summed E-state index contributed by atoms with van der Waals surface area (Å²) in [4.78, 5) is 40.2. The van der Waals surface area contributed by atoms with E-state index in [2.05, 4.69) is 10.2 Å². The molecular formula is C23H25F3N4O3. The average Bonchev–Trinajstić information content (AvgIpc) is 2.75. The Hall–Kier alpha value is -3.17. The normalized spacial score (nSPS) is 21.6. The quantitative estimate of drug-likeness (QED) is 0.757. The third-order valence-corrected chi connectivity index (χ3v) is 6.55. The summed E-state index contributed by atoms with van der Waals surface area (Å²) in [5.41, 5.74) is 0.863. The molecule has 1 aromatic heterocycles. The fourth-order valence-corrected chi connectivity index (χ4v) is 4.56. The standard InChI is InChI=1S/C23H25F3N4O3/c1-12-10-29(11-18(31)30(12)17-8-23(25,26)9-17)22(33)16-6-4-5-15(7-16)19(24)20-13(2)14(3)21(32)28-27-20/h4-7,12,17,19H,8-11H2,1-3H3,(H,28,32)/t12-,19?/m1/s1. The summed E-state index contributed by atoms with van der Waals surface area (Å²) in [6, 6.07) is 5.09. The van der Waals surface area contributed by atoms with Crippen molar-refractivity contribution < 1.29 is 22.8 Å². The van der Waals surface area contributed by atoms with Gasteiger partial charge in [-0.15, -0.1) is 0 Å². The van der Waals surface area contributed by atoms with Crippen LogP contribution in [0.1, 0.15) is 58.7 Å². The lowest BCUT2D eigenvalue weighted by molar-refractivity contribution is -0.163.